The summed E-state index contributed by atoms with van der Waals surface area (Å²) in [6.45, 7) is 4.44. The molecular formula is C19H22BrNO2. The summed E-state index contributed by atoms with van der Waals surface area (Å²) in [5.74, 6) is -0.00649. The van der Waals surface area contributed by atoms with Gasteiger partial charge in [0.1, 0.15) is 0 Å². The molecule has 4 heteroatoms. The van der Waals surface area contributed by atoms with E-state index in [2.05, 4.69) is 30.0 Å². The third kappa shape index (κ3) is 2.45. The summed E-state index contributed by atoms with van der Waals surface area (Å²) >= 11 is 0. The van der Waals surface area contributed by atoms with E-state index in [9.17, 15) is 10.2 Å². The molecule has 1 unspecified atom stereocenters. The Hall–Kier alpha value is -1.52. The van der Waals surface area contributed by atoms with Gasteiger partial charge in [0.15, 0.2) is 11.5 Å². The number of fused-ring (bicyclic) bond motifs is 2. The second kappa shape index (κ2) is 6.17. The number of hydrogen-bond donors (Lipinski definition) is 2. The number of hydrogen-bond acceptors (Lipinski definition) is 3. The van der Waals surface area contributed by atoms with Gasteiger partial charge < -0.3 is 10.2 Å². The Bertz CT molecular complexity index is 744. The summed E-state index contributed by atoms with van der Waals surface area (Å²) in [7, 11) is 0. The van der Waals surface area contributed by atoms with Crippen LogP contribution in [0.1, 0.15) is 36.1 Å². The lowest BCUT2D eigenvalue weighted by atomic mass is 9.76. The molecule has 0 amide bonds. The molecule has 4 rings (SSSR count). The summed E-state index contributed by atoms with van der Waals surface area (Å²) < 4.78 is 0. The lowest BCUT2D eigenvalue weighted by Gasteiger charge is -2.41. The minimum absolute atomic E-state index is 0. The van der Waals surface area contributed by atoms with E-state index in [1.807, 2.05) is 6.07 Å². The van der Waals surface area contributed by atoms with Crippen LogP contribution in [-0.2, 0) is 12.8 Å². The van der Waals surface area contributed by atoms with Crippen molar-refractivity contribution < 1.29 is 10.2 Å². The standard InChI is InChI=1S/C19H21NO2.BrH/c1-2-9-20-10-8-12-4-3-5-14-17(12)15(20)11-13-6-7-16(21)19(22)18(13)14;/h3-7,15,21-22H,2,8-11H2,1H3;1H. The predicted octanol–water partition coefficient (Wildman–Crippen LogP) is 4.21. The third-order valence-electron chi connectivity index (χ3n) is 5.08. The molecule has 3 nitrogen and oxygen atoms in total. The molecule has 1 heterocycles. The molecular weight excluding hydrogens is 354 g/mol. The maximum atomic E-state index is 10.4. The van der Waals surface area contributed by atoms with Gasteiger partial charge in [0.2, 0.25) is 0 Å². The summed E-state index contributed by atoms with van der Waals surface area (Å²) in [6.07, 6.45) is 3.13. The van der Waals surface area contributed by atoms with Gasteiger partial charge >= 0.3 is 0 Å². The number of rotatable bonds is 2. The van der Waals surface area contributed by atoms with Gasteiger partial charge in [-0.15, -0.1) is 17.0 Å². The zero-order valence-corrected chi connectivity index (χ0v) is 15.0. The number of phenolic OH excluding ortho intramolecular Hbond substituents is 2. The molecule has 2 N–H and O–H groups in total. The molecule has 0 radical (unpaired) electrons. The molecule has 2 aliphatic rings. The zero-order valence-electron chi connectivity index (χ0n) is 13.2. The Labute approximate surface area is 147 Å². The van der Waals surface area contributed by atoms with Crippen molar-refractivity contribution in [2.75, 3.05) is 13.1 Å². The molecule has 2 aromatic rings. The molecule has 23 heavy (non-hydrogen) atoms. The van der Waals surface area contributed by atoms with Crippen LogP contribution in [-0.4, -0.2) is 28.2 Å². The van der Waals surface area contributed by atoms with Crippen molar-refractivity contribution in [1.82, 2.24) is 4.90 Å². The Morgan fingerprint density at radius 2 is 1.96 bits per heavy atom. The van der Waals surface area contributed by atoms with E-state index in [4.69, 9.17) is 0 Å². The summed E-state index contributed by atoms with van der Waals surface area (Å²) in [5.41, 5.74) is 5.80. The lowest BCUT2D eigenvalue weighted by Crippen LogP contribution is -2.38. The molecule has 0 fully saturated rings. The number of phenols is 2. The molecule has 0 aromatic heterocycles. The number of halogens is 1. The SMILES string of the molecule is Br.CCCN1CCc2cccc3c2C1Cc1ccc(O)c(O)c1-3. The van der Waals surface area contributed by atoms with Gasteiger partial charge in [-0.05, 0) is 54.1 Å². The van der Waals surface area contributed by atoms with Gasteiger partial charge in [-0.2, -0.15) is 0 Å². The minimum atomic E-state index is -0.0315. The van der Waals surface area contributed by atoms with E-state index in [0.717, 1.165) is 49.0 Å². The van der Waals surface area contributed by atoms with Crippen molar-refractivity contribution in [3.8, 4) is 22.6 Å². The maximum absolute atomic E-state index is 10.4. The topological polar surface area (TPSA) is 43.7 Å². The van der Waals surface area contributed by atoms with Crippen LogP contribution in [0.15, 0.2) is 30.3 Å². The Morgan fingerprint density at radius 1 is 1.13 bits per heavy atom. The van der Waals surface area contributed by atoms with Crippen molar-refractivity contribution in [1.29, 1.82) is 0 Å². The third-order valence-corrected chi connectivity index (χ3v) is 5.08. The highest BCUT2D eigenvalue weighted by molar-refractivity contribution is 8.93. The van der Waals surface area contributed by atoms with Gasteiger partial charge in [-0.25, -0.2) is 0 Å². The quantitative estimate of drug-likeness (QED) is 0.772. The van der Waals surface area contributed by atoms with E-state index in [-0.39, 0.29) is 28.5 Å². The molecule has 0 spiro atoms. The Balaban J connectivity index is 0.00000156. The largest absolute Gasteiger partial charge is 0.504 e. The van der Waals surface area contributed by atoms with E-state index in [0.29, 0.717) is 6.04 Å². The fraction of sp³-hybridized carbons (Fsp3) is 0.368. The van der Waals surface area contributed by atoms with Crippen LogP contribution in [0.3, 0.4) is 0 Å². The summed E-state index contributed by atoms with van der Waals surface area (Å²) in [5, 5.41) is 20.2. The summed E-state index contributed by atoms with van der Waals surface area (Å²) in [4.78, 5) is 2.57. The first kappa shape index (κ1) is 16.3. The van der Waals surface area contributed by atoms with E-state index in [1.54, 1.807) is 6.07 Å². The van der Waals surface area contributed by atoms with Gasteiger partial charge in [-0.1, -0.05) is 31.2 Å². The fourth-order valence-corrected chi connectivity index (χ4v) is 4.13. The van der Waals surface area contributed by atoms with Crippen LogP contribution in [0.4, 0.5) is 0 Å². The first-order chi connectivity index (χ1) is 10.7. The fourth-order valence-electron chi connectivity index (χ4n) is 4.13. The van der Waals surface area contributed by atoms with Crippen LogP contribution < -0.4 is 0 Å². The summed E-state index contributed by atoms with van der Waals surface area (Å²) in [6, 6.07) is 10.3. The first-order valence-corrected chi connectivity index (χ1v) is 8.10. The highest BCUT2D eigenvalue weighted by atomic mass is 79.9. The van der Waals surface area contributed by atoms with Gasteiger partial charge in [0.05, 0.1) is 0 Å². The van der Waals surface area contributed by atoms with Crippen molar-refractivity contribution in [2.45, 2.75) is 32.2 Å². The molecule has 2 aromatic carbocycles. The number of benzene rings is 2. The van der Waals surface area contributed by atoms with Gasteiger partial charge in [0, 0.05) is 18.2 Å². The van der Waals surface area contributed by atoms with E-state index < -0.39 is 0 Å². The van der Waals surface area contributed by atoms with Crippen molar-refractivity contribution in [2.24, 2.45) is 0 Å². The van der Waals surface area contributed by atoms with E-state index >= 15 is 0 Å². The lowest BCUT2D eigenvalue weighted by molar-refractivity contribution is 0.183. The maximum Gasteiger partial charge on any atom is 0.165 e. The Morgan fingerprint density at radius 3 is 2.74 bits per heavy atom. The highest BCUT2D eigenvalue weighted by Crippen LogP contribution is 2.50. The van der Waals surface area contributed by atoms with Crippen molar-refractivity contribution in [3.63, 3.8) is 0 Å². The minimum Gasteiger partial charge on any atom is -0.504 e. The predicted molar refractivity (Wildman–Crippen MR) is 97.5 cm³/mol. The normalized spacial score (nSPS) is 18.7. The smallest absolute Gasteiger partial charge is 0.165 e. The molecule has 0 bridgehead atoms. The molecule has 1 aliphatic carbocycles. The van der Waals surface area contributed by atoms with Crippen LogP contribution in [0.5, 0.6) is 11.5 Å². The second-order valence-electron chi connectivity index (χ2n) is 6.35. The molecule has 1 atom stereocenters. The number of aromatic hydroxyl groups is 2. The molecule has 1 aliphatic heterocycles. The average molecular weight is 376 g/mol. The van der Waals surface area contributed by atoms with Crippen LogP contribution in [0.2, 0.25) is 0 Å². The highest BCUT2D eigenvalue weighted by Gasteiger charge is 2.35. The van der Waals surface area contributed by atoms with Gasteiger partial charge in [-0.3, -0.25) is 4.90 Å². The molecule has 0 saturated carbocycles. The molecule has 122 valence electrons. The first-order valence-electron chi connectivity index (χ1n) is 8.10. The van der Waals surface area contributed by atoms with Crippen LogP contribution in [0.25, 0.3) is 11.1 Å². The van der Waals surface area contributed by atoms with Crippen LogP contribution >= 0.6 is 17.0 Å². The van der Waals surface area contributed by atoms with E-state index in [1.165, 1.54) is 11.1 Å². The average Bonchev–Trinajstić information content (AvgIpc) is 2.53. The zero-order chi connectivity index (χ0) is 15.3. The van der Waals surface area contributed by atoms with Crippen LogP contribution in [0, 0.1) is 0 Å². The monoisotopic (exact) mass is 375 g/mol. The van der Waals surface area contributed by atoms with Crippen molar-refractivity contribution >= 4 is 17.0 Å². The molecule has 0 saturated heterocycles. The Kier molecular flexibility index (Phi) is 4.39. The van der Waals surface area contributed by atoms with Gasteiger partial charge in [0.25, 0.3) is 0 Å². The second-order valence-corrected chi connectivity index (χ2v) is 6.35. The van der Waals surface area contributed by atoms with Crippen molar-refractivity contribution in [3.05, 3.63) is 47.0 Å². The number of nitrogens with zero attached hydrogens (tertiary/aromatic N) is 1.